The van der Waals surface area contributed by atoms with Crippen LogP contribution in [0.3, 0.4) is 0 Å². The number of esters is 1. The Morgan fingerprint density at radius 1 is 0.955 bits per heavy atom. The Bertz CT molecular complexity index is 742. The lowest BCUT2D eigenvalue weighted by molar-refractivity contribution is -0.137. The third-order valence-electron chi connectivity index (χ3n) is 3.05. The molecule has 0 spiro atoms. The molecule has 2 nitrogen and oxygen atoms in total. The Morgan fingerprint density at radius 2 is 1.73 bits per heavy atom. The van der Waals surface area contributed by atoms with E-state index in [1.807, 2.05) is 71.4 Å². The molecular weight excluding hydrogens is 312 g/mol. The summed E-state index contributed by atoms with van der Waals surface area (Å²) in [6.07, 6.45) is 1.89. The summed E-state index contributed by atoms with van der Waals surface area (Å²) in [5.41, 5.74) is 1.59. The van der Waals surface area contributed by atoms with E-state index < -0.39 is 0 Å². The molecule has 0 saturated carbocycles. The van der Waals surface area contributed by atoms with Crippen molar-refractivity contribution < 1.29 is 9.53 Å². The molecule has 1 aromatic carbocycles. The van der Waals surface area contributed by atoms with Crippen LogP contribution in [0.15, 0.2) is 65.4 Å². The number of carbonyl (C=O) groups is 1. The molecule has 3 rings (SSSR count). The maximum Gasteiger partial charge on any atom is 0.339 e. The number of thiophene rings is 2. The summed E-state index contributed by atoms with van der Waals surface area (Å²) in [6.45, 7) is 0.285. The summed E-state index contributed by atoms with van der Waals surface area (Å²) in [5, 5.41) is 3.95. The number of hydrogen-bond acceptors (Lipinski definition) is 4. The lowest BCUT2D eigenvalue weighted by atomic mass is 10.2. The Balaban J connectivity index is 1.79. The van der Waals surface area contributed by atoms with Gasteiger partial charge in [0.2, 0.25) is 0 Å². The molecule has 2 aromatic heterocycles. The van der Waals surface area contributed by atoms with E-state index >= 15 is 0 Å². The number of hydrogen-bond donors (Lipinski definition) is 0. The van der Waals surface area contributed by atoms with Crippen molar-refractivity contribution in [2.24, 2.45) is 0 Å². The second kappa shape index (κ2) is 7.20. The zero-order valence-electron chi connectivity index (χ0n) is 11.8. The van der Waals surface area contributed by atoms with Gasteiger partial charge in [0.15, 0.2) is 0 Å². The van der Waals surface area contributed by atoms with Crippen LogP contribution in [0.25, 0.3) is 11.6 Å². The first kappa shape index (κ1) is 14.8. The maximum absolute atomic E-state index is 12.5. The SMILES string of the molecule is O=C(OCc1ccccc1)/C(=C/c1cccs1)c1cccs1. The molecule has 0 bridgehead atoms. The smallest absolute Gasteiger partial charge is 0.339 e. The van der Waals surface area contributed by atoms with Crippen molar-refractivity contribution in [3.05, 3.63) is 80.7 Å². The fourth-order valence-corrected chi connectivity index (χ4v) is 3.37. The minimum atomic E-state index is -0.292. The molecule has 4 heteroatoms. The van der Waals surface area contributed by atoms with Crippen LogP contribution in [0.1, 0.15) is 15.3 Å². The molecule has 0 radical (unpaired) electrons. The normalized spacial score (nSPS) is 11.4. The van der Waals surface area contributed by atoms with Crippen molar-refractivity contribution in [1.82, 2.24) is 0 Å². The van der Waals surface area contributed by atoms with Crippen molar-refractivity contribution in [3.8, 4) is 0 Å². The van der Waals surface area contributed by atoms with Gasteiger partial charge in [-0.05, 0) is 34.5 Å². The number of carbonyl (C=O) groups excluding carboxylic acids is 1. The van der Waals surface area contributed by atoms with Gasteiger partial charge in [0.1, 0.15) is 6.61 Å². The van der Waals surface area contributed by atoms with E-state index in [0.29, 0.717) is 5.57 Å². The van der Waals surface area contributed by atoms with Gasteiger partial charge in [-0.3, -0.25) is 0 Å². The largest absolute Gasteiger partial charge is 0.457 e. The third-order valence-corrected chi connectivity index (χ3v) is 4.77. The quantitative estimate of drug-likeness (QED) is 0.482. The molecule has 0 unspecified atom stereocenters. The summed E-state index contributed by atoms with van der Waals surface area (Å²) < 4.78 is 5.47. The summed E-state index contributed by atoms with van der Waals surface area (Å²) in [5.74, 6) is -0.292. The van der Waals surface area contributed by atoms with E-state index in [0.717, 1.165) is 15.3 Å². The molecule has 0 N–H and O–H groups in total. The fraction of sp³-hybridized carbons (Fsp3) is 0.0556. The van der Waals surface area contributed by atoms with Gasteiger partial charge in [-0.2, -0.15) is 0 Å². The fourth-order valence-electron chi connectivity index (χ4n) is 1.98. The summed E-state index contributed by atoms with van der Waals surface area (Å²) in [7, 11) is 0. The van der Waals surface area contributed by atoms with E-state index in [2.05, 4.69) is 0 Å². The highest BCUT2D eigenvalue weighted by Gasteiger charge is 2.15. The monoisotopic (exact) mass is 326 g/mol. The van der Waals surface area contributed by atoms with Crippen LogP contribution in [-0.2, 0) is 16.1 Å². The van der Waals surface area contributed by atoms with Crippen LogP contribution < -0.4 is 0 Å². The van der Waals surface area contributed by atoms with Gasteiger partial charge in [-0.25, -0.2) is 4.79 Å². The zero-order valence-corrected chi connectivity index (χ0v) is 13.4. The van der Waals surface area contributed by atoms with Crippen molar-refractivity contribution in [1.29, 1.82) is 0 Å². The predicted octanol–water partition coefficient (Wildman–Crippen LogP) is 5.09. The summed E-state index contributed by atoms with van der Waals surface area (Å²) in [6, 6.07) is 17.5. The van der Waals surface area contributed by atoms with Gasteiger partial charge in [0, 0.05) is 9.75 Å². The minimum Gasteiger partial charge on any atom is -0.457 e. The van der Waals surface area contributed by atoms with E-state index in [1.54, 1.807) is 11.3 Å². The second-order valence-corrected chi connectivity index (χ2v) is 6.54. The second-order valence-electron chi connectivity index (χ2n) is 4.61. The highest BCUT2D eigenvalue weighted by atomic mass is 32.1. The van der Waals surface area contributed by atoms with Crippen molar-refractivity contribution in [2.75, 3.05) is 0 Å². The molecule has 0 aliphatic carbocycles. The van der Waals surface area contributed by atoms with E-state index in [-0.39, 0.29) is 12.6 Å². The number of benzene rings is 1. The van der Waals surface area contributed by atoms with Gasteiger partial charge in [-0.15, -0.1) is 22.7 Å². The molecule has 0 fully saturated rings. The third kappa shape index (κ3) is 3.72. The highest BCUT2D eigenvalue weighted by molar-refractivity contribution is 7.12. The predicted molar refractivity (Wildman–Crippen MR) is 92.7 cm³/mol. The molecule has 0 saturated heterocycles. The van der Waals surface area contributed by atoms with Crippen LogP contribution in [0.4, 0.5) is 0 Å². The molecule has 0 aliphatic rings. The molecule has 2 heterocycles. The van der Waals surface area contributed by atoms with E-state index in [1.165, 1.54) is 11.3 Å². The van der Waals surface area contributed by atoms with Crippen LogP contribution in [0.5, 0.6) is 0 Å². The zero-order chi connectivity index (χ0) is 15.2. The van der Waals surface area contributed by atoms with Crippen LogP contribution in [-0.4, -0.2) is 5.97 Å². The van der Waals surface area contributed by atoms with Gasteiger partial charge in [0.25, 0.3) is 0 Å². The molecular formula is C18H14O2S2. The highest BCUT2D eigenvalue weighted by Crippen LogP contribution is 2.26. The number of ether oxygens (including phenoxy) is 1. The topological polar surface area (TPSA) is 26.3 Å². The minimum absolute atomic E-state index is 0.285. The van der Waals surface area contributed by atoms with Crippen LogP contribution in [0.2, 0.25) is 0 Å². The first-order chi connectivity index (χ1) is 10.8. The molecule has 22 heavy (non-hydrogen) atoms. The standard InChI is InChI=1S/C18H14O2S2/c19-18(20-13-14-6-2-1-3-7-14)16(17-9-5-11-22-17)12-15-8-4-10-21-15/h1-12H,13H2/b16-12+. The van der Waals surface area contributed by atoms with Gasteiger partial charge in [-0.1, -0.05) is 42.5 Å². The van der Waals surface area contributed by atoms with Gasteiger partial charge < -0.3 is 4.74 Å². The van der Waals surface area contributed by atoms with Gasteiger partial charge >= 0.3 is 5.97 Å². The summed E-state index contributed by atoms with van der Waals surface area (Å²) in [4.78, 5) is 14.4. The van der Waals surface area contributed by atoms with Crippen LogP contribution >= 0.6 is 22.7 Å². The molecule has 3 aromatic rings. The summed E-state index contributed by atoms with van der Waals surface area (Å²) >= 11 is 3.14. The Morgan fingerprint density at radius 3 is 2.41 bits per heavy atom. The van der Waals surface area contributed by atoms with Gasteiger partial charge in [0.05, 0.1) is 5.57 Å². The lowest BCUT2D eigenvalue weighted by Gasteiger charge is -2.07. The lowest BCUT2D eigenvalue weighted by Crippen LogP contribution is -2.06. The van der Waals surface area contributed by atoms with E-state index in [4.69, 9.17) is 4.74 Å². The average molecular weight is 326 g/mol. The first-order valence-electron chi connectivity index (χ1n) is 6.83. The van der Waals surface area contributed by atoms with Crippen LogP contribution in [0, 0.1) is 0 Å². The Kier molecular flexibility index (Phi) is 4.83. The van der Waals surface area contributed by atoms with Crippen molar-refractivity contribution in [2.45, 2.75) is 6.61 Å². The molecule has 110 valence electrons. The maximum atomic E-state index is 12.5. The first-order valence-corrected chi connectivity index (χ1v) is 8.59. The number of rotatable bonds is 5. The van der Waals surface area contributed by atoms with E-state index in [9.17, 15) is 4.79 Å². The average Bonchev–Trinajstić information content (AvgIpc) is 3.24. The molecule has 0 aliphatic heterocycles. The Labute approximate surface area is 137 Å². The molecule has 0 amide bonds. The van der Waals surface area contributed by atoms with Crippen molar-refractivity contribution >= 4 is 40.3 Å². The molecule has 0 atom stereocenters. The Hall–Kier alpha value is -2.17. The van der Waals surface area contributed by atoms with Crippen molar-refractivity contribution in [3.63, 3.8) is 0 Å².